The monoisotopic (exact) mass is 383 g/mol. The van der Waals surface area contributed by atoms with E-state index in [1.165, 1.54) is 21.6 Å². The normalized spacial score (nSPS) is 15.6. The highest BCUT2D eigenvalue weighted by atomic mass is 32.2. The zero-order valence-corrected chi connectivity index (χ0v) is 17.1. The molecule has 1 aromatic carbocycles. The number of nitrogens with one attached hydrogen (secondary N) is 1. The largest absolute Gasteiger partial charge is 0.353 e. The van der Waals surface area contributed by atoms with Crippen LogP contribution in [0.1, 0.15) is 36.0 Å². The Morgan fingerprint density at radius 3 is 2.59 bits per heavy atom. The number of hydrogen-bond donors (Lipinski definition) is 1. The number of piperidine rings is 1. The van der Waals surface area contributed by atoms with Crippen molar-refractivity contribution >= 4 is 17.7 Å². The van der Waals surface area contributed by atoms with Gasteiger partial charge in [0.05, 0.1) is 0 Å². The number of carbonyl (C=O) groups excluding carboxylic acids is 1. The minimum absolute atomic E-state index is 0.180. The molecule has 1 fully saturated rings. The van der Waals surface area contributed by atoms with Crippen molar-refractivity contribution in [2.45, 2.75) is 50.6 Å². The van der Waals surface area contributed by atoms with Crippen LogP contribution in [0.25, 0.3) is 0 Å². The van der Waals surface area contributed by atoms with E-state index in [0.717, 1.165) is 38.2 Å². The molecule has 1 aliphatic heterocycles. The fourth-order valence-electron chi connectivity index (χ4n) is 3.35. The van der Waals surface area contributed by atoms with Crippen molar-refractivity contribution in [2.75, 3.05) is 18.8 Å². The molecule has 1 N–H and O–H groups in total. The zero-order chi connectivity index (χ0) is 19.1. The van der Waals surface area contributed by atoms with Crippen LogP contribution in [-0.2, 0) is 11.3 Å². The molecule has 27 heavy (non-hydrogen) atoms. The predicted octanol–water partition coefficient (Wildman–Crippen LogP) is 3.96. The van der Waals surface area contributed by atoms with Crippen LogP contribution in [0, 0.1) is 13.8 Å². The molecule has 0 aliphatic carbocycles. The first-order valence-corrected chi connectivity index (χ1v) is 10.7. The van der Waals surface area contributed by atoms with Crippen molar-refractivity contribution in [1.82, 2.24) is 15.2 Å². The number of rotatable bonds is 7. The van der Waals surface area contributed by atoms with Crippen molar-refractivity contribution in [1.29, 1.82) is 0 Å². The van der Waals surface area contributed by atoms with Gasteiger partial charge in [0, 0.05) is 55.1 Å². The lowest BCUT2D eigenvalue weighted by Gasteiger charge is -2.32. The quantitative estimate of drug-likeness (QED) is 0.735. The third-order valence-electron chi connectivity index (χ3n) is 5.18. The first-order valence-electron chi connectivity index (χ1n) is 9.71. The molecule has 144 valence electrons. The lowest BCUT2D eigenvalue weighted by molar-refractivity contribution is -0.121. The summed E-state index contributed by atoms with van der Waals surface area (Å²) in [6, 6.07) is 11.0. The summed E-state index contributed by atoms with van der Waals surface area (Å²) in [6.45, 7) is 7.29. The highest BCUT2D eigenvalue weighted by Crippen LogP contribution is 2.22. The Bertz CT molecular complexity index is 742. The van der Waals surface area contributed by atoms with E-state index < -0.39 is 0 Å². The van der Waals surface area contributed by atoms with Gasteiger partial charge in [-0.15, -0.1) is 11.8 Å². The molecule has 0 saturated carbocycles. The Kier molecular flexibility index (Phi) is 7.30. The molecule has 2 heterocycles. The first kappa shape index (κ1) is 19.9. The van der Waals surface area contributed by atoms with E-state index in [0.29, 0.717) is 12.5 Å². The fraction of sp³-hybridized carbons (Fsp3) is 0.455. The molecule has 1 saturated heterocycles. The van der Waals surface area contributed by atoms with E-state index in [9.17, 15) is 4.79 Å². The Balaban J connectivity index is 1.33. The van der Waals surface area contributed by atoms with E-state index in [-0.39, 0.29) is 5.91 Å². The summed E-state index contributed by atoms with van der Waals surface area (Å²) in [6.07, 6.45) is 6.33. The molecule has 0 unspecified atom stereocenters. The molecular weight excluding hydrogens is 354 g/mol. The number of aryl methyl sites for hydroxylation is 2. The molecule has 1 amide bonds. The smallest absolute Gasteiger partial charge is 0.221 e. The van der Waals surface area contributed by atoms with Gasteiger partial charge in [0.1, 0.15) is 0 Å². The van der Waals surface area contributed by atoms with E-state index >= 15 is 0 Å². The second-order valence-corrected chi connectivity index (χ2v) is 8.49. The Morgan fingerprint density at radius 1 is 1.15 bits per heavy atom. The first-order chi connectivity index (χ1) is 13.1. The number of thioether (sulfide) groups is 1. The number of pyridine rings is 1. The van der Waals surface area contributed by atoms with Crippen LogP contribution in [0.2, 0.25) is 0 Å². The number of nitrogens with zero attached hydrogens (tertiary/aromatic N) is 2. The molecule has 0 radical (unpaired) electrons. The average molecular weight is 384 g/mol. The maximum Gasteiger partial charge on any atom is 0.221 e. The molecule has 5 heteroatoms. The molecule has 0 bridgehead atoms. The number of aromatic nitrogens is 1. The maximum absolute atomic E-state index is 12.3. The van der Waals surface area contributed by atoms with Crippen molar-refractivity contribution in [3.8, 4) is 0 Å². The topological polar surface area (TPSA) is 45.2 Å². The molecule has 1 aromatic heterocycles. The van der Waals surface area contributed by atoms with Gasteiger partial charge in [-0.2, -0.15) is 0 Å². The van der Waals surface area contributed by atoms with Crippen LogP contribution in [0.5, 0.6) is 0 Å². The number of amides is 1. The summed E-state index contributed by atoms with van der Waals surface area (Å²) in [4.78, 5) is 20.0. The number of hydrogen-bond acceptors (Lipinski definition) is 4. The van der Waals surface area contributed by atoms with Crippen molar-refractivity contribution in [3.05, 3.63) is 59.4 Å². The van der Waals surface area contributed by atoms with Crippen molar-refractivity contribution in [3.63, 3.8) is 0 Å². The summed E-state index contributed by atoms with van der Waals surface area (Å²) in [5.74, 6) is 1.01. The third-order valence-corrected chi connectivity index (χ3v) is 6.18. The van der Waals surface area contributed by atoms with Crippen LogP contribution >= 0.6 is 11.8 Å². The average Bonchev–Trinajstić information content (AvgIpc) is 2.67. The molecule has 1 aliphatic rings. The summed E-state index contributed by atoms with van der Waals surface area (Å²) in [7, 11) is 0. The van der Waals surface area contributed by atoms with Gasteiger partial charge < -0.3 is 5.32 Å². The third kappa shape index (κ3) is 6.36. The second-order valence-electron chi connectivity index (χ2n) is 7.32. The SMILES string of the molecule is Cc1ccc(SCCC(=O)NC2CCN(Cc3ccncc3)CC2)cc1C. The molecule has 0 spiro atoms. The van der Waals surface area contributed by atoms with E-state index in [4.69, 9.17) is 0 Å². The maximum atomic E-state index is 12.3. The van der Waals surface area contributed by atoms with Crippen molar-refractivity contribution in [2.24, 2.45) is 0 Å². The second kappa shape index (κ2) is 9.90. The number of likely N-dealkylation sites (tertiary alicyclic amines) is 1. The van der Waals surface area contributed by atoms with Gasteiger partial charge in [0.15, 0.2) is 0 Å². The summed E-state index contributed by atoms with van der Waals surface area (Å²) < 4.78 is 0. The van der Waals surface area contributed by atoms with Gasteiger partial charge in [-0.25, -0.2) is 0 Å². The van der Waals surface area contributed by atoms with Gasteiger partial charge >= 0.3 is 0 Å². The Morgan fingerprint density at radius 2 is 1.89 bits per heavy atom. The van der Waals surface area contributed by atoms with E-state index in [1.54, 1.807) is 11.8 Å². The van der Waals surface area contributed by atoms with Gasteiger partial charge in [-0.1, -0.05) is 6.07 Å². The summed E-state index contributed by atoms with van der Waals surface area (Å²) >= 11 is 1.76. The minimum Gasteiger partial charge on any atom is -0.353 e. The molecule has 0 atom stereocenters. The lowest BCUT2D eigenvalue weighted by Crippen LogP contribution is -2.44. The predicted molar refractivity (Wildman–Crippen MR) is 112 cm³/mol. The Hall–Kier alpha value is -1.85. The minimum atomic E-state index is 0.180. The van der Waals surface area contributed by atoms with Gasteiger partial charge in [-0.3, -0.25) is 14.7 Å². The molecule has 4 nitrogen and oxygen atoms in total. The van der Waals surface area contributed by atoms with Crippen LogP contribution in [0.3, 0.4) is 0 Å². The summed E-state index contributed by atoms with van der Waals surface area (Å²) in [5.41, 5.74) is 3.92. The standard InChI is InChI=1S/C22H29N3OS/c1-17-3-4-21(15-18(17)2)27-14-9-22(26)24-20-7-12-25(13-8-20)16-19-5-10-23-11-6-19/h3-6,10-11,15,20H,7-9,12-14,16H2,1-2H3,(H,24,26). The van der Waals surface area contributed by atoms with Crippen LogP contribution in [0.4, 0.5) is 0 Å². The van der Waals surface area contributed by atoms with E-state index in [2.05, 4.69) is 59.4 Å². The number of carbonyl (C=O) groups is 1. The highest BCUT2D eigenvalue weighted by molar-refractivity contribution is 7.99. The molecular formula is C22H29N3OS. The Labute approximate surface area is 166 Å². The van der Waals surface area contributed by atoms with E-state index in [1.807, 2.05) is 12.4 Å². The van der Waals surface area contributed by atoms with Crippen LogP contribution in [-0.4, -0.2) is 40.7 Å². The van der Waals surface area contributed by atoms with Gasteiger partial charge in [0.25, 0.3) is 0 Å². The van der Waals surface area contributed by atoms with Crippen LogP contribution in [0.15, 0.2) is 47.6 Å². The highest BCUT2D eigenvalue weighted by Gasteiger charge is 2.20. The number of benzene rings is 1. The molecule has 2 aromatic rings. The van der Waals surface area contributed by atoms with Gasteiger partial charge in [-0.05, 0) is 67.6 Å². The van der Waals surface area contributed by atoms with Gasteiger partial charge in [0.2, 0.25) is 5.91 Å². The lowest BCUT2D eigenvalue weighted by atomic mass is 10.0. The molecule has 3 rings (SSSR count). The van der Waals surface area contributed by atoms with Crippen molar-refractivity contribution < 1.29 is 4.79 Å². The van der Waals surface area contributed by atoms with Crippen LogP contribution < -0.4 is 5.32 Å². The fourth-order valence-corrected chi connectivity index (χ4v) is 4.29. The summed E-state index contributed by atoms with van der Waals surface area (Å²) in [5, 5.41) is 3.22. The zero-order valence-electron chi connectivity index (χ0n) is 16.3.